The van der Waals surface area contributed by atoms with Gasteiger partial charge in [-0.05, 0) is 99.8 Å². The molecule has 32 heavy (non-hydrogen) atoms. The molecule has 2 nitrogen and oxygen atoms in total. The lowest BCUT2D eigenvalue weighted by molar-refractivity contribution is -0.196. The maximum atomic E-state index is 13.2. The van der Waals surface area contributed by atoms with Gasteiger partial charge in [0.2, 0.25) is 0 Å². The van der Waals surface area contributed by atoms with Crippen LogP contribution in [-0.4, -0.2) is 19.0 Å². The number of ketones is 1. The summed E-state index contributed by atoms with van der Waals surface area (Å²) in [5, 5.41) is 0. The van der Waals surface area contributed by atoms with Crippen molar-refractivity contribution in [3.05, 3.63) is 0 Å². The summed E-state index contributed by atoms with van der Waals surface area (Å²) in [5.41, 5.74) is 4.66. The molecule has 4 fully saturated rings. The van der Waals surface area contributed by atoms with E-state index in [0.717, 1.165) is 44.9 Å². The highest BCUT2D eigenvalue weighted by atomic mass is 19.4. The van der Waals surface area contributed by atoms with Crippen molar-refractivity contribution in [3.63, 3.8) is 0 Å². The zero-order valence-electron chi connectivity index (χ0n) is 21.7. The Hall–Kier alpha value is -0.580. The van der Waals surface area contributed by atoms with Crippen LogP contribution in [0.3, 0.4) is 0 Å². The SMILES string of the molecule is CC.CC.CCC(=O)C1CCC2C3CCC4CC(C(F)(F)F)CCC4C3CCC12C.CN. The molecule has 0 aromatic heterocycles. The molecule has 0 spiro atoms. The van der Waals surface area contributed by atoms with Crippen molar-refractivity contribution in [3.8, 4) is 0 Å². The van der Waals surface area contributed by atoms with Crippen molar-refractivity contribution in [2.45, 2.75) is 112 Å². The summed E-state index contributed by atoms with van der Waals surface area (Å²) in [4.78, 5) is 12.5. The Balaban J connectivity index is 0.000000789. The summed E-state index contributed by atoms with van der Waals surface area (Å²) in [6.45, 7) is 12.3. The Morgan fingerprint density at radius 3 is 2.03 bits per heavy atom. The molecule has 0 aromatic carbocycles. The second kappa shape index (κ2) is 12.8. The normalized spacial score (nSPS) is 39.9. The Bertz CT molecular complexity index is 564. The number of carbonyl (C=O) groups excluding carboxylic acids is 1. The quantitative estimate of drug-likeness (QED) is 0.452. The Labute approximate surface area is 195 Å². The van der Waals surface area contributed by atoms with Gasteiger partial charge in [-0.2, -0.15) is 13.2 Å². The van der Waals surface area contributed by atoms with Crippen molar-refractivity contribution >= 4 is 5.78 Å². The van der Waals surface area contributed by atoms with E-state index in [-0.39, 0.29) is 17.3 Å². The van der Waals surface area contributed by atoms with Crippen LogP contribution in [0.5, 0.6) is 0 Å². The van der Waals surface area contributed by atoms with Crippen LogP contribution in [-0.2, 0) is 4.79 Å². The summed E-state index contributed by atoms with van der Waals surface area (Å²) in [6, 6.07) is 0. The highest BCUT2D eigenvalue weighted by Gasteiger charge is 2.58. The largest absolute Gasteiger partial charge is 0.391 e. The second-order valence-electron chi connectivity index (χ2n) is 9.98. The number of hydrogen-bond donors (Lipinski definition) is 1. The third kappa shape index (κ3) is 5.73. The van der Waals surface area contributed by atoms with E-state index in [1.807, 2.05) is 34.6 Å². The summed E-state index contributed by atoms with van der Waals surface area (Å²) < 4.78 is 39.5. The van der Waals surface area contributed by atoms with E-state index >= 15 is 0 Å². The van der Waals surface area contributed by atoms with Gasteiger partial charge in [-0.15, -0.1) is 0 Å². The van der Waals surface area contributed by atoms with Gasteiger partial charge in [0.1, 0.15) is 5.78 Å². The predicted molar refractivity (Wildman–Crippen MR) is 128 cm³/mol. The molecule has 8 unspecified atom stereocenters. The van der Waals surface area contributed by atoms with Crippen molar-refractivity contribution in [2.75, 3.05) is 7.05 Å². The monoisotopic (exact) mass is 461 g/mol. The Morgan fingerprint density at radius 1 is 0.875 bits per heavy atom. The third-order valence-electron chi connectivity index (χ3n) is 9.15. The van der Waals surface area contributed by atoms with Gasteiger partial charge in [-0.1, -0.05) is 41.5 Å². The standard InChI is InChI=1S/C22H33F3O.2C2H6.CH5N/c1-3-20(26)19-9-8-18-17-6-4-13-12-14(22(23,24)25)5-7-15(13)16(17)10-11-21(18,19)2;3*1-2/h13-19H,3-12H2,1-2H3;2*1-2H3;2H2,1H3. The molecule has 0 aliphatic heterocycles. The first-order valence-electron chi connectivity index (χ1n) is 13.4. The zero-order chi connectivity index (χ0) is 24.7. The van der Waals surface area contributed by atoms with Gasteiger partial charge in [-0.25, -0.2) is 0 Å². The molecular weight excluding hydrogens is 411 g/mol. The van der Waals surface area contributed by atoms with Crippen LogP contribution in [0.15, 0.2) is 0 Å². The zero-order valence-corrected chi connectivity index (χ0v) is 21.7. The molecule has 190 valence electrons. The molecule has 5 heteroatoms. The number of hydrogen-bond acceptors (Lipinski definition) is 2. The minimum Gasteiger partial charge on any atom is -0.333 e. The van der Waals surface area contributed by atoms with Crippen LogP contribution in [0.4, 0.5) is 13.2 Å². The fourth-order valence-corrected chi connectivity index (χ4v) is 7.93. The highest BCUT2D eigenvalue weighted by Crippen LogP contribution is 2.65. The summed E-state index contributed by atoms with van der Waals surface area (Å²) in [6.07, 6.45) is 4.67. The molecule has 0 bridgehead atoms. The van der Waals surface area contributed by atoms with E-state index in [1.165, 1.54) is 7.05 Å². The fraction of sp³-hybridized carbons (Fsp3) is 0.963. The van der Waals surface area contributed by atoms with Crippen LogP contribution in [0.1, 0.15) is 106 Å². The van der Waals surface area contributed by atoms with E-state index in [4.69, 9.17) is 0 Å². The van der Waals surface area contributed by atoms with Crippen molar-refractivity contribution in [1.82, 2.24) is 0 Å². The lowest BCUT2D eigenvalue weighted by atomic mass is 9.49. The number of nitrogens with two attached hydrogens (primary N) is 1. The maximum Gasteiger partial charge on any atom is 0.391 e. The van der Waals surface area contributed by atoms with Gasteiger partial charge in [0, 0.05) is 12.3 Å². The first-order chi connectivity index (χ1) is 15.3. The lowest BCUT2D eigenvalue weighted by Gasteiger charge is -2.56. The molecule has 0 aromatic rings. The average Bonchev–Trinajstić information content (AvgIpc) is 3.18. The van der Waals surface area contributed by atoms with Crippen molar-refractivity contribution in [2.24, 2.45) is 52.6 Å². The topological polar surface area (TPSA) is 43.1 Å². The predicted octanol–water partition coefficient (Wildman–Crippen LogP) is 8.04. The smallest absolute Gasteiger partial charge is 0.333 e. The van der Waals surface area contributed by atoms with Gasteiger partial charge in [0.05, 0.1) is 5.92 Å². The summed E-state index contributed by atoms with van der Waals surface area (Å²) in [7, 11) is 1.50. The number of alkyl halides is 3. The molecule has 0 amide bonds. The van der Waals surface area contributed by atoms with Gasteiger partial charge in [0.15, 0.2) is 0 Å². The Kier molecular flexibility index (Phi) is 11.7. The number of halogens is 3. The lowest BCUT2D eigenvalue weighted by Crippen LogP contribution is -2.50. The van der Waals surface area contributed by atoms with Gasteiger partial charge in [-0.3, -0.25) is 4.79 Å². The van der Waals surface area contributed by atoms with Crippen molar-refractivity contribution in [1.29, 1.82) is 0 Å². The number of Topliss-reactive ketones (excluding diaryl/α,β-unsaturated/α-hetero) is 1. The maximum absolute atomic E-state index is 13.2. The van der Waals surface area contributed by atoms with E-state index in [9.17, 15) is 18.0 Å². The molecule has 4 rings (SSSR count). The molecule has 4 aliphatic rings. The first-order valence-corrected chi connectivity index (χ1v) is 13.4. The molecule has 0 saturated heterocycles. The van der Waals surface area contributed by atoms with Crippen LogP contribution < -0.4 is 5.73 Å². The van der Waals surface area contributed by atoms with Crippen LogP contribution in [0.2, 0.25) is 0 Å². The minimum absolute atomic E-state index is 0.157. The molecule has 4 saturated carbocycles. The van der Waals surface area contributed by atoms with Crippen molar-refractivity contribution < 1.29 is 18.0 Å². The van der Waals surface area contributed by atoms with E-state index in [0.29, 0.717) is 48.7 Å². The minimum atomic E-state index is -4.01. The molecule has 0 radical (unpaired) electrons. The molecule has 8 atom stereocenters. The molecule has 0 heterocycles. The first kappa shape index (κ1) is 29.5. The summed E-state index contributed by atoms with van der Waals surface area (Å²) in [5.74, 6) is 2.32. The molecule has 2 N–H and O–H groups in total. The third-order valence-corrected chi connectivity index (χ3v) is 9.15. The van der Waals surface area contributed by atoms with E-state index in [2.05, 4.69) is 12.7 Å². The number of fused-ring (bicyclic) bond motifs is 5. The fourth-order valence-electron chi connectivity index (χ4n) is 7.93. The highest BCUT2D eigenvalue weighted by molar-refractivity contribution is 5.81. The second-order valence-corrected chi connectivity index (χ2v) is 9.98. The van der Waals surface area contributed by atoms with E-state index < -0.39 is 12.1 Å². The van der Waals surface area contributed by atoms with Gasteiger partial charge >= 0.3 is 6.18 Å². The summed E-state index contributed by atoms with van der Waals surface area (Å²) >= 11 is 0. The van der Waals surface area contributed by atoms with Crippen LogP contribution >= 0.6 is 0 Å². The number of carbonyl (C=O) groups is 1. The number of rotatable bonds is 2. The van der Waals surface area contributed by atoms with Gasteiger partial charge < -0.3 is 5.73 Å². The van der Waals surface area contributed by atoms with E-state index in [1.54, 1.807) is 0 Å². The van der Waals surface area contributed by atoms with Gasteiger partial charge in [0.25, 0.3) is 0 Å². The Morgan fingerprint density at radius 2 is 1.47 bits per heavy atom. The average molecular weight is 462 g/mol. The molecular formula is C27H50F3NO. The molecule has 4 aliphatic carbocycles. The van der Waals surface area contributed by atoms with Crippen LogP contribution in [0, 0.1) is 46.8 Å². The van der Waals surface area contributed by atoms with Crippen LogP contribution in [0.25, 0.3) is 0 Å².